The summed E-state index contributed by atoms with van der Waals surface area (Å²) in [7, 11) is 0. The maximum Gasteiger partial charge on any atom is 0.171 e. The summed E-state index contributed by atoms with van der Waals surface area (Å²) in [6, 6.07) is 15.3. The lowest BCUT2D eigenvalue weighted by Gasteiger charge is -2.35. The molecule has 7 heteroatoms. The Bertz CT molecular complexity index is 771. The third-order valence-corrected chi connectivity index (χ3v) is 5.28. The van der Waals surface area contributed by atoms with Crippen LogP contribution in [0.1, 0.15) is 18.5 Å². The van der Waals surface area contributed by atoms with Crippen molar-refractivity contribution in [2.24, 2.45) is 0 Å². The Morgan fingerprint density at radius 2 is 1.89 bits per heavy atom. The minimum absolute atomic E-state index is 0.0655. The Hall–Kier alpha value is -1.73. The Morgan fingerprint density at radius 3 is 2.56 bits per heavy atom. The highest BCUT2D eigenvalue weighted by molar-refractivity contribution is 7.80. The maximum atomic E-state index is 13.3. The van der Waals surface area contributed by atoms with Crippen molar-refractivity contribution in [3.8, 4) is 0 Å². The number of hydrogen-bond donors (Lipinski definition) is 3. The van der Waals surface area contributed by atoms with E-state index in [1.165, 1.54) is 22.6 Å². The second kappa shape index (κ2) is 9.46. The third kappa shape index (κ3) is 5.39. The van der Waals surface area contributed by atoms with Gasteiger partial charge in [-0.3, -0.25) is 0 Å². The molecule has 144 valence electrons. The number of rotatable bonds is 5. The van der Waals surface area contributed by atoms with Crippen LogP contribution in [0.2, 0.25) is 5.02 Å². The SMILES string of the molecule is C[C@H](NC(=S)Nc1ccc(F)c(Cl)c1)[C@H](c1ccccc1)[NH+]1CCOCC1. The fraction of sp³-hybridized carbons (Fsp3) is 0.350. The van der Waals surface area contributed by atoms with Gasteiger partial charge < -0.3 is 20.3 Å². The highest BCUT2D eigenvalue weighted by Crippen LogP contribution is 2.19. The van der Waals surface area contributed by atoms with Crippen molar-refractivity contribution >= 4 is 34.6 Å². The zero-order valence-electron chi connectivity index (χ0n) is 15.2. The molecule has 0 bridgehead atoms. The van der Waals surface area contributed by atoms with Gasteiger partial charge in [0, 0.05) is 11.3 Å². The molecule has 0 unspecified atom stereocenters. The Labute approximate surface area is 169 Å². The molecule has 0 spiro atoms. The summed E-state index contributed by atoms with van der Waals surface area (Å²) < 4.78 is 18.8. The molecule has 0 amide bonds. The van der Waals surface area contributed by atoms with Gasteiger partial charge in [-0.2, -0.15) is 0 Å². The summed E-state index contributed by atoms with van der Waals surface area (Å²) in [5.41, 5.74) is 1.92. The average Bonchev–Trinajstić information content (AvgIpc) is 2.66. The summed E-state index contributed by atoms with van der Waals surface area (Å²) in [5.74, 6) is -0.450. The molecule has 3 rings (SSSR count). The lowest BCUT2D eigenvalue weighted by molar-refractivity contribution is -0.940. The van der Waals surface area contributed by atoms with Crippen LogP contribution in [0.5, 0.6) is 0 Å². The van der Waals surface area contributed by atoms with E-state index in [4.69, 9.17) is 28.6 Å². The minimum Gasteiger partial charge on any atom is -0.370 e. The van der Waals surface area contributed by atoms with Crippen molar-refractivity contribution in [1.82, 2.24) is 5.32 Å². The molecular formula is C20H24ClFN3OS+. The molecule has 0 saturated carbocycles. The van der Waals surface area contributed by atoms with E-state index in [-0.39, 0.29) is 17.1 Å². The fourth-order valence-electron chi connectivity index (χ4n) is 3.51. The fourth-order valence-corrected chi connectivity index (χ4v) is 4.00. The Kier molecular flexibility index (Phi) is 7.01. The molecule has 3 N–H and O–H groups in total. The van der Waals surface area contributed by atoms with Gasteiger partial charge in [0.05, 0.1) is 24.3 Å². The molecule has 1 fully saturated rings. The number of nitrogens with one attached hydrogen (secondary N) is 3. The maximum absolute atomic E-state index is 13.3. The number of halogens is 2. The summed E-state index contributed by atoms with van der Waals surface area (Å²) in [6.07, 6.45) is 0. The molecule has 1 heterocycles. The van der Waals surface area contributed by atoms with Crippen LogP contribution in [0.25, 0.3) is 0 Å². The zero-order chi connectivity index (χ0) is 19.2. The largest absolute Gasteiger partial charge is 0.370 e. The number of thiocarbonyl (C=S) groups is 1. The smallest absolute Gasteiger partial charge is 0.171 e. The quantitative estimate of drug-likeness (QED) is 0.665. The van der Waals surface area contributed by atoms with Gasteiger partial charge in [-0.05, 0) is 37.3 Å². The molecule has 1 aliphatic heterocycles. The molecular weight excluding hydrogens is 385 g/mol. The Morgan fingerprint density at radius 1 is 1.19 bits per heavy atom. The second-order valence-corrected chi connectivity index (χ2v) is 7.49. The number of morpholine rings is 1. The molecule has 2 atom stereocenters. The molecule has 2 aromatic carbocycles. The van der Waals surface area contributed by atoms with Crippen molar-refractivity contribution in [1.29, 1.82) is 0 Å². The summed E-state index contributed by atoms with van der Waals surface area (Å²) in [4.78, 5) is 1.47. The third-order valence-electron chi connectivity index (χ3n) is 4.77. The number of hydrogen-bond acceptors (Lipinski definition) is 2. The number of anilines is 1. The van der Waals surface area contributed by atoms with Crippen LogP contribution in [-0.4, -0.2) is 37.5 Å². The first-order chi connectivity index (χ1) is 13.0. The molecule has 0 aromatic heterocycles. The van der Waals surface area contributed by atoms with Gasteiger partial charge in [-0.15, -0.1) is 0 Å². The van der Waals surface area contributed by atoms with Crippen LogP contribution in [0.4, 0.5) is 10.1 Å². The monoisotopic (exact) mass is 408 g/mol. The predicted octanol–water partition coefficient (Wildman–Crippen LogP) is 2.81. The van der Waals surface area contributed by atoms with E-state index in [0.717, 1.165) is 26.3 Å². The van der Waals surface area contributed by atoms with Crippen molar-refractivity contribution in [3.63, 3.8) is 0 Å². The van der Waals surface area contributed by atoms with Crippen molar-refractivity contribution < 1.29 is 14.0 Å². The topological polar surface area (TPSA) is 37.7 Å². The molecule has 1 aliphatic rings. The first-order valence-electron chi connectivity index (χ1n) is 9.04. The average molecular weight is 409 g/mol. The highest BCUT2D eigenvalue weighted by atomic mass is 35.5. The van der Waals surface area contributed by atoms with Crippen LogP contribution in [0, 0.1) is 5.82 Å². The lowest BCUT2D eigenvalue weighted by Crippen LogP contribution is -3.15. The number of quaternary nitrogens is 1. The van der Waals surface area contributed by atoms with Gasteiger partial charge in [0.1, 0.15) is 24.9 Å². The minimum atomic E-state index is -0.450. The van der Waals surface area contributed by atoms with Gasteiger partial charge in [-0.1, -0.05) is 41.9 Å². The van der Waals surface area contributed by atoms with Gasteiger partial charge >= 0.3 is 0 Å². The molecule has 0 aliphatic carbocycles. The lowest BCUT2D eigenvalue weighted by atomic mass is 9.98. The second-order valence-electron chi connectivity index (χ2n) is 6.68. The normalized spacial score (nSPS) is 17.1. The Balaban J connectivity index is 1.70. The number of ether oxygens (including phenoxy) is 1. The molecule has 1 saturated heterocycles. The van der Waals surface area contributed by atoms with Crippen molar-refractivity contribution in [3.05, 3.63) is 64.9 Å². The van der Waals surface area contributed by atoms with E-state index in [1.54, 1.807) is 6.07 Å². The van der Waals surface area contributed by atoms with Gasteiger partial charge in [0.2, 0.25) is 0 Å². The molecule has 2 aromatic rings. The van der Waals surface area contributed by atoms with Crippen molar-refractivity contribution in [2.75, 3.05) is 31.6 Å². The van der Waals surface area contributed by atoms with Gasteiger partial charge in [0.25, 0.3) is 0 Å². The number of benzene rings is 2. The molecule has 27 heavy (non-hydrogen) atoms. The van der Waals surface area contributed by atoms with Crippen LogP contribution in [0.3, 0.4) is 0 Å². The zero-order valence-corrected chi connectivity index (χ0v) is 16.7. The van der Waals surface area contributed by atoms with Crippen LogP contribution < -0.4 is 15.5 Å². The van der Waals surface area contributed by atoms with Crippen LogP contribution >= 0.6 is 23.8 Å². The van der Waals surface area contributed by atoms with Gasteiger partial charge in [-0.25, -0.2) is 4.39 Å². The van der Waals surface area contributed by atoms with Crippen LogP contribution in [0.15, 0.2) is 48.5 Å². The van der Waals surface area contributed by atoms with E-state index in [9.17, 15) is 4.39 Å². The highest BCUT2D eigenvalue weighted by Gasteiger charge is 2.31. The summed E-state index contributed by atoms with van der Waals surface area (Å²) >= 11 is 11.3. The summed E-state index contributed by atoms with van der Waals surface area (Å²) in [6.45, 7) is 5.58. The van der Waals surface area contributed by atoms with Crippen LogP contribution in [-0.2, 0) is 4.74 Å². The van der Waals surface area contributed by atoms with E-state index in [2.05, 4.69) is 41.8 Å². The van der Waals surface area contributed by atoms with E-state index in [1.807, 2.05) is 6.07 Å². The van der Waals surface area contributed by atoms with E-state index < -0.39 is 5.82 Å². The summed E-state index contributed by atoms with van der Waals surface area (Å²) in [5, 5.41) is 7.02. The van der Waals surface area contributed by atoms with E-state index >= 15 is 0 Å². The standard InChI is InChI=1S/C20H23ClFN3OS/c1-14(23-20(27)24-16-7-8-18(22)17(21)13-16)19(15-5-3-2-4-6-15)25-9-11-26-12-10-25/h2-8,13-14,19H,9-12H2,1H3,(H2,23,24,27)/p+1/t14-,19+/m0/s1. The van der Waals surface area contributed by atoms with Gasteiger partial charge in [0.15, 0.2) is 5.11 Å². The first-order valence-corrected chi connectivity index (χ1v) is 9.83. The molecule has 4 nitrogen and oxygen atoms in total. The predicted molar refractivity (Wildman–Crippen MR) is 111 cm³/mol. The molecule has 0 radical (unpaired) electrons. The first kappa shape index (κ1) is 20.0. The van der Waals surface area contributed by atoms with E-state index in [0.29, 0.717) is 10.8 Å². The van der Waals surface area contributed by atoms with Crippen molar-refractivity contribution in [2.45, 2.75) is 19.0 Å².